The van der Waals surface area contributed by atoms with Gasteiger partial charge in [0.15, 0.2) is 0 Å². The van der Waals surface area contributed by atoms with E-state index in [9.17, 15) is 4.79 Å². The van der Waals surface area contributed by atoms with Crippen molar-refractivity contribution < 1.29 is 4.79 Å². The fourth-order valence-electron chi connectivity index (χ4n) is 6.01. The molecule has 5 rings (SSSR count). The molecule has 0 saturated heterocycles. The van der Waals surface area contributed by atoms with Crippen LogP contribution in [0, 0.1) is 23.2 Å². The Morgan fingerprint density at radius 1 is 1.16 bits per heavy atom. The van der Waals surface area contributed by atoms with E-state index in [1.165, 1.54) is 38.5 Å². The van der Waals surface area contributed by atoms with E-state index in [0.717, 1.165) is 30.7 Å². The second kappa shape index (κ2) is 6.93. The van der Waals surface area contributed by atoms with Crippen LogP contribution in [0.1, 0.15) is 58.3 Å². The van der Waals surface area contributed by atoms with Crippen molar-refractivity contribution >= 4 is 11.9 Å². The standard InChI is InChI=1S/C20H30N4O/c1-14(20-11-15-8-16(12-20)10-17(9-15)13-20)24-18(25)4-2-5-21-19-22-6-3-7-23-19/h3,6-7,14-17H,2,4-5,8-13H2,1H3,(H,24,25)(H,21,22,23)/t14-,15?,16?,17?,20?/m1/s1. The van der Waals surface area contributed by atoms with Crippen LogP contribution in [0.25, 0.3) is 0 Å². The third kappa shape index (κ3) is 3.65. The van der Waals surface area contributed by atoms with Crippen molar-refractivity contribution in [3.8, 4) is 0 Å². The van der Waals surface area contributed by atoms with E-state index in [-0.39, 0.29) is 5.91 Å². The van der Waals surface area contributed by atoms with Gasteiger partial charge in [-0.3, -0.25) is 4.79 Å². The van der Waals surface area contributed by atoms with Crippen molar-refractivity contribution in [2.45, 2.75) is 64.3 Å². The third-order valence-electron chi connectivity index (χ3n) is 6.81. The molecule has 0 aliphatic heterocycles. The number of nitrogens with zero attached hydrogens (tertiary/aromatic N) is 2. The number of anilines is 1. The molecular formula is C20H30N4O. The van der Waals surface area contributed by atoms with E-state index in [4.69, 9.17) is 0 Å². The number of aromatic nitrogens is 2. The fourth-order valence-corrected chi connectivity index (χ4v) is 6.01. The highest BCUT2D eigenvalue weighted by molar-refractivity contribution is 5.76. The van der Waals surface area contributed by atoms with Gasteiger partial charge in [-0.05, 0) is 81.1 Å². The molecule has 5 nitrogen and oxygen atoms in total. The van der Waals surface area contributed by atoms with Crippen LogP contribution in [0.3, 0.4) is 0 Å². The summed E-state index contributed by atoms with van der Waals surface area (Å²) in [6.45, 7) is 2.98. The average Bonchev–Trinajstić information content (AvgIpc) is 2.58. The molecule has 0 spiro atoms. The van der Waals surface area contributed by atoms with Crippen molar-refractivity contribution in [1.29, 1.82) is 0 Å². The lowest BCUT2D eigenvalue weighted by Gasteiger charge is -2.59. The predicted molar refractivity (Wildman–Crippen MR) is 98.0 cm³/mol. The molecule has 4 fully saturated rings. The zero-order chi connectivity index (χ0) is 17.3. The van der Waals surface area contributed by atoms with Crippen LogP contribution >= 0.6 is 0 Å². The molecule has 4 bridgehead atoms. The molecule has 4 aliphatic carbocycles. The maximum atomic E-state index is 12.4. The summed E-state index contributed by atoms with van der Waals surface area (Å²) in [5.74, 6) is 3.62. The Kier molecular flexibility index (Phi) is 4.65. The van der Waals surface area contributed by atoms with Gasteiger partial charge in [-0.25, -0.2) is 9.97 Å². The summed E-state index contributed by atoms with van der Waals surface area (Å²) in [5.41, 5.74) is 0.389. The van der Waals surface area contributed by atoms with Crippen molar-refractivity contribution in [3.05, 3.63) is 18.5 Å². The van der Waals surface area contributed by atoms with Crippen molar-refractivity contribution in [1.82, 2.24) is 15.3 Å². The molecular weight excluding hydrogens is 312 g/mol. The van der Waals surface area contributed by atoms with Gasteiger partial charge in [-0.2, -0.15) is 0 Å². The SMILES string of the molecule is C[C@@H](NC(=O)CCCNc1ncccn1)C12CC3CC(CC(C3)C1)C2. The Bertz CT molecular complexity index is 568. The summed E-state index contributed by atoms with van der Waals surface area (Å²) in [6.07, 6.45) is 13.2. The molecule has 1 amide bonds. The second-order valence-electron chi connectivity index (χ2n) is 8.67. The molecule has 0 aromatic carbocycles. The highest BCUT2D eigenvalue weighted by Gasteiger charge is 2.53. The van der Waals surface area contributed by atoms with Crippen LogP contribution in [-0.2, 0) is 4.79 Å². The van der Waals surface area contributed by atoms with Crippen molar-refractivity contribution in [2.75, 3.05) is 11.9 Å². The van der Waals surface area contributed by atoms with E-state index < -0.39 is 0 Å². The molecule has 25 heavy (non-hydrogen) atoms. The summed E-state index contributed by atoms with van der Waals surface area (Å²) in [7, 11) is 0. The molecule has 0 unspecified atom stereocenters. The van der Waals surface area contributed by atoms with Crippen LogP contribution in [0.2, 0.25) is 0 Å². The number of hydrogen-bond donors (Lipinski definition) is 2. The Labute approximate surface area is 150 Å². The lowest BCUT2D eigenvalue weighted by atomic mass is 9.48. The van der Waals surface area contributed by atoms with Gasteiger partial charge in [0.25, 0.3) is 0 Å². The van der Waals surface area contributed by atoms with Gasteiger partial charge in [-0.1, -0.05) is 0 Å². The minimum atomic E-state index is 0.194. The lowest BCUT2D eigenvalue weighted by Crippen LogP contribution is -2.55. The molecule has 4 aliphatic rings. The van der Waals surface area contributed by atoms with Gasteiger partial charge in [-0.15, -0.1) is 0 Å². The van der Waals surface area contributed by atoms with Crippen molar-refractivity contribution in [3.63, 3.8) is 0 Å². The quantitative estimate of drug-likeness (QED) is 0.746. The van der Waals surface area contributed by atoms with E-state index in [0.29, 0.717) is 23.8 Å². The van der Waals surface area contributed by atoms with Gasteiger partial charge in [0.2, 0.25) is 11.9 Å². The van der Waals surface area contributed by atoms with Gasteiger partial charge >= 0.3 is 0 Å². The number of carbonyl (C=O) groups excluding carboxylic acids is 1. The Balaban J connectivity index is 1.22. The molecule has 1 aromatic rings. The zero-order valence-corrected chi connectivity index (χ0v) is 15.2. The minimum Gasteiger partial charge on any atom is -0.354 e. The maximum absolute atomic E-state index is 12.4. The van der Waals surface area contributed by atoms with E-state index in [1.54, 1.807) is 18.5 Å². The van der Waals surface area contributed by atoms with E-state index in [2.05, 4.69) is 27.5 Å². The first-order chi connectivity index (χ1) is 12.1. The summed E-state index contributed by atoms with van der Waals surface area (Å²) >= 11 is 0. The monoisotopic (exact) mass is 342 g/mol. The average molecular weight is 342 g/mol. The van der Waals surface area contributed by atoms with Crippen molar-refractivity contribution in [2.24, 2.45) is 23.2 Å². The second-order valence-corrected chi connectivity index (χ2v) is 8.67. The molecule has 5 heteroatoms. The maximum Gasteiger partial charge on any atom is 0.222 e. The Hall–Kier alpha value is -1.65. The molecule has 136 valence electrons. The molecule has 0 radical (unpaired) electrons. The highest BCUT2D eigenvalue weighted by atomic mass is 16.1. The largest absolute Gasteiger partial charge is 0.354 e. The number of amides is 1. The van der Waals surface area contributed by atoms with Gasteiger partial charge in [0.05, 0.1) is 0 Å². The summed E-state index contributed by atoms with van der Waals surface area (Å²) in [4.78, 5) is 20.6. The predicted octanol–water partition coefficient (Wildman–Crippen LogP) is 3.39. The zero-order valence-electron chi connectivity index (χ0n) is 15.2. The molecule has 1 atom stereocenters. The Morgan fingerprint density at radius 3 is 2.36 bits per heavy atom. The normalized spacial score (nSPS) is 33.9. The van der Waals surface area contributed by atoms with Crippen LogP contribution in [0.4, 0.5) is 5.95 Å². The first-order valence-electron chi connectivity index (χ1n) is 9.93. The fraction of sp³-hybridized carbons (Fsp3) is 0.750. The summed E-state index contributed by atoms with van der Waals surface area (Å²) < 4.78 is 0. The molecule has 1 aromatic heterocycles. The summed E-state index contributed by atoms with van der Waals surface area (Å²) in [6, 6.07) is 2.11. The number of carbonyl (C=O) groups is 1. The number of rotatable bonds is 7. The Morgan fingerprint density at radius 2 is 1.76 bits per heavy atom. The van der Waals surface area contributed by atoms with Crippen LogP contribution in [-0.4, -0.2) is 28.5 Å². The number of hydrogen-bond acceptors (Lipinski definition) is 4. The molecule has 2 N–H and O–H groups in total. The highest BCUT2D eigenvalue weighted by Crippen LogP contribution is 2.61. The topological polar surface area (TPSA) is 66.9 Å². The molecule has 4 saturated carbocycles. The smallest absolute Gasteiger partial charge is 0.222 e. The van der Waals surface area contributed by atoms with Gasteiger partial charge < -0.3 is 10.6 Å². The first-order valence-corrected chi connectivity index (χ1v) is 9.93. The van der Waals surface area contributed by atoms with Crippen LogP contribution in [0.5, 0.6) is 0 Å². The first kappa shape index (κ1) is 16.8. The van der Waals surface area contributed by atoms with Gasteiger partial charge in [0.1, 0.15) is 0 Å². The lowest BCUT2D eigenvalue weighted by molar-refractivity contribution is -0.125. The summed E-state index contributed by atoms with van der Waals surface area (Å²) in [5, 5.41) is 6.50. The van der Waals surface area contributed by atoms with E-state index >= 15 is 0 Å². The van der Waals surface area contributed by atoms with E-state index in [1.807, 2.05) is 0 Å². The minimum absolute atomic E-state index is 0.194. The third-order valence-corrected chi connectivity index (χ3v) is 6.81. The van der Waals surface area contributed by atoms with Crippen LogP contribution in [0.15, 0.2) is 18.5 Å². The van der Waals surface area contributed by atoms with Crippen LogP contribution < -0.4 is 10.6 Å². The van der Waals surface area contributed by atoms with Gasteiger partial charge in [0, 0.05) is 31.4 Å². The molecule has 1 heterocycles. The number of nitrogens with one attached hydrogen (secondary N) is 2.